The van der Waals surface area contributed by atoms with Crippen molar-refractivity contribution >= 4 is 5.65 Å². The summed E-state index contributed by atoms with van der Waals surface area (Å²) in [5, 5.41) is 0. The van der Waals surface area contributed by atoms with Crippen molar-refractivity contribution in [2.45, 2.75) is 20.8 Å². The number of imidazole rings is 1. The molecule has 0 aliphatic heterocycles. The minimum atomic E-state index is 1.04. The lowest BCUT2D eigenvalue weighted by molar-refractivity contribution is 1.16. The summed E-state index contributed by atoms with van der Waals surface area (Å²) in [5.41, 5.74) is 2.26. The number of hydrogen-bond acceptors (Lipinski definition) is 1. The maximum Gasteiger partial charge on any atom is 0.139 e. The molecule has 0 atom stereocenters. The highest BCUT2D eigenvalue weighted by molar-refractivity contribution is 5.46. The van der Waals surface area contributed by atoms with Gasteiger partial charge in [-0.2, -0.15) is 0 Å². The molecule has 0 fully saturated rings. The first-order chi connectivity index (χ1) is 5.88. The molecular weight excluding hydrogens is 148 g/mol. The van der Waals surface area contributed by atoms with Gasteiger partial charge >= 0.3 is 0 Å². The van der Waals surface area contributed by atoms with Crippen LogP contribution in [0, 0.1) is 6.92 Å². The minimum Gasteiger partial charge on any atom is -0.307 e. The molecule has 0 saturated carbocycles. The van der Waals surface area contributed by atoms with E-state index in [2.05, 4.69) is 18.0 Å². The topological polar surface area (TPSA) is 17.3 Å². The third kappa shape index (κ3) is 1.47. The quantitative estimate of drug-likeness (QED) is 0.582. The van der Waals surface area contributed by atoms with E-state index in [1.165, 1.54) is 5.56 Å². The molecule has 2 heterocycles. The Labute approximate surface area is 72.9 Å². The van der Waals surface area contributed by atoms with Crippen LogP contribution < -0.4 is 0 Å². The second-order valence-electron chi connectivity index (χ2n) is 2.35. The smallest absolute Gasteiger partial charge is 0.139 e. The zero-order chi connectivity index (χ0) is 8.97. The van der Waals surface area contributed by atoms with E-state index in [0.29, 0.717) is 0 Å². The van der Waals surface area contributed by atoms with Gasteiger partial charge in [-0.3, -0.25) is 0 Å². The first kappa shape index (κ1) is 8.78. The summed E-state index contributed by atoms with van der Waals surface area (Å²) in [5.74, 6) is 0. The van der Waals surface area contributed by atoms with Gasteiger partial charge in [0.05, 0.1) is 0 Å². The summed E-state index contributed by atoms with van der Waals surface area (Å²) in [6, 6.07) is 4.08. The lowest BCUT2D eigenvalue weighted by atomic mass is 10.3. The van der Waals surface area contributed by atoms with Crippen molar-refractivity contribution in [3.05, 3.63) is 36.3 Å². The van der Waals surface area contributed by atoms with E-state index in [1.807, 2.05) is 42.9 Å². The number of rotatable bonds is 0. The molecule has 0 radical (unpaired) electrons. The lowest BCUT2D eigenvalue weighted by Gasteiger charge is -1.94. The van der Waals surface area contributed by atoms with Crippen LogP contribution in [0.1, 0.15) is 19.4 Å². The monoisotopic (exact) mass is 162 g/mol. The standard InChI is InChI=1S/C8H8N2.C2H6/c1-7-3-2-5-10-6-4-9-8(7)10;1-2/h2-6H,1H3;1-2H3. The maximum absolute atomic E-state index is 4.18. The van der Waals surface area contributed by atoms with Crippen LogP contribution in [0.25, 0.3) is 5.65 Å². The maximum atomic E-state index is 4.18. The Bertz CT molecular complexity index is 349. The Balaban J connectivity index is 0.000000336. The second kappa shape index (κ2) is 3.90. The fourth-order valence-corrected chi connectivity index (χ4v) is 1.09. The molecule has 2 nitrogen and oxygen atoms in total. The Morgan fingerprint density at radius 1 is 1.25 bits per heavy atom. The van der Waals surface area contributed by atoms with Crippen molar-refractivity contribution in [2.24, 2.45) is 0 Å². The van der Waals surface area contributed by atoms with Crippen LogP contribution >= 0.6 is 0 Å². The molecule has 2 heteroatoms. The summed E-state index contributed by atoms with van der Waals surface area (Å²) in [7, 11) is 0. The largest absolute Gasteiger partial charge is 0.307 e. The molecule has 0 aliphatic rings. The number of aryl methyl sites for hydroxylation is 1. The van der Waals surface area contributed by atoms with Crippen molar-refractivity contribution in [1.82, 2.24) is 9.38 Å². The molecule has 0 bridgehead atoms. The van der Waals surface area contributed by atoms with Gasteiger partial charge in [-0.25, -0.2) is 4.98 Å². The number of nitrogens with zero attached hydrogens (tertiary/aromatic N) is 2. The second-order valence-corrected chi connectivity index (χ2v) is 2.35. The third-order valence-electron chi connectivity index (χ3n) is 1.61. The molecule has 0 unspecified atom stereocenters. The van der Waals surface area contributed by atoms with Crippen LogP contribution in [-0.2, 0) is 0 Å². The van der Waals surface area contributed by atoms with E-state index in [4.69, 9.17) is 0 Å². The van der Waals surface area contributed by atoms with Crippen molar-refractivity contribution in [3.8, 4) is 0 Å². The van der Waals surface area contributed by atoms with Crippen LogP contribution in [0.15, 0.2) is 30.7 Å². The predicted molar refractivity (Wildman–Crippen MR) is 51.3 cm³/mol. The molecule has 0 aromatic carbocycles. The summed E-state index contributed by atoms with van der Waals surface area (Å²) in [6.07, 6.45) is 5.75. The van der Waals surface area contributed by atoms with Crippen molar-refractivity contribution in [2.75, 3.05) is 0 Å². The zero-order valence-corrected chi connectivity index (χ0v) is 7.78. The van der Waals surface area contributed by atoms with E-state index < -0.39 is 0 Å². The van der Waals surface area contributed by atoms with E-state index >= 15 is 0 Å². The average Bonchev–Trinajstić information content (AvgIpc) is 2.57. The zero-order valence-electron chi connectivity index (χ0n) is 7.78. The predicted octanol–water partition coefficient (Wildman–Crippen LogP) is 2.67. The number of aromatic nitrogens is 2. The lowest BCUT2D eigenvalue weighted by Crippen LogP contribution is -1.83. The van der Waals surface area contributed by atoms with Crippen LogP contribution in [0.5, 0.6) is 0 Å². The summed E-state index contributed by atoms with van der Waals surface area (Å²) < 4.78 is 2.01. The van der Waals surface area contributed by atoms with Gasteiger partial charge in [0, 0.05) is 18.6 Å². The fourth-order valence-electron chi connectivity index (χ4n) is 1.09. The van der Waals surface area contributed by atoms with E-state index in [1.54, 1.807) is 0 Å². The first-order valence-electron chi connectivity index (χ1n) is 4.26. The normalized spacial score (nSPS) is 9.25. The van der Waals surface area contributed by atoms with Crippen LogP contribution in [-0.4, -0.2) is 9.38 Å². The molecule has 0 saturated heterocycles. The molecule has 2 aromatic rings. The molecule has 0 amide bonds. The van der Waals surface area contributed by atoms with Crippen LogP contribution in [0.3, 0.4) is 0 Å². The van der Waals surface area contributed by atoms with E-state index in [9.17, 15) is 0 Å². The molecule has 0 aliphatic carbocycles. The van der Waals surface area contributed by atoms with Gasteiger partial charge in [0.1, 0.15) is 5.65 Å². The molecule has 64 valence electrons. The molecular formula is C10H14N2. The van der Waals surface area contributed by atoms with Crippen LogP contribution in [0.2, 0.25) is 0 Å². The Morgan fingerprint density at radius 3 is 2.67 bits per heavy atom. The summed E-state index contributed by atoms with van der Waals surface area (Å²) in [6.45, 7) is 6.06. The van der Waals surface area contributed by atoms with Crippen LogP contribution in [0.4, 0.5) is 0 Å². The Morgan fingerprint density at radius 2 is 2.00 bits per heavy atom. The molecule has 12 heavy (non-hydrogen) atoms. The number of pyridine rings is 1. The number of hydrogen-bond donors (Lipinski definition) is 0. The third-order valence-corrected chi connectivity index (χ3v) is 1.61. The SMILES string of the molecule is CC.Cc1cccn2ccnc12. The van der Waals surface area contributed by atoms with Gasteiger partial charge in [-0.1, -0.05) is 19.9 Å². The summed E-state index contributed by atoms with van der Waals surface area (Å²) >= 11 is 0. The average molecular weight is 162 g/mol. The highest BCUT2D eigenvalue weighted by atomic mass is 15.0. The molecule has 0 N–H and O–H groups in total. The van der Waals surface area contributed by atoms with Gasteiger partial charge in [0.2, 0.25) is 0 Å². The van der Waals surface area contributed by atoms with Gasteiger partial charge in [0.15, 0.2) is 0 Å². The van der Waals surface area contributed by atoms with Gasteiger partial charge in [-0.05, 0) is 18.6 Å². The van der Waals surface area contributed by atoms with Crippen molar-refractivity contribution < 1.29 is 0 Å². The molecule has 0 spiro atoms. The number of fused-ring (bicyclic) bond motifs is 1. The van der Waals surface area contributed by atoms with E-state index in [0.717, 1.165) is 5.65 Å². The van der Waals surface area contributed by atoms with Gasteiger partial charge in [-0.15, -0.1) is 0 Å². The van der Waals surface area contributed by atoms with Gasteiger partial charge in [0.25, 0.3) is 0 Å². The first-order valence-corrected chi connectivity index (χ1v) is 4.26. The summed E-state index contributed by atoms with van der Waals surface area (Å²) in [4.78, 5) is 4.18. The van der Waals surface area contributed by atoms with Crippen molar-refractivity contribution in [3.63, 3.8) is 0 Å². The Hall–Kier alpha value is -1.31. The molecule has 2 aromatic heterocycles. The van der Waals surface area contributed by atoms with Gasteiger partial charge < -0.3 is 4.40 Å². The minimum absolute atomic E-state index is 1.04. The Kier molecular flexibility index (Phi) is 2.86. The van der Waals surface area contributed by atoms with Crippen molar-refractivity contribution in [1.29, 1.82) is 0 Å². The fraction of sp³-hybridized carbons (Fsp3) is 0.300. The highest BCUT2D eigenvalue weighted by Gasteiger charge is 1.93. The molecule has 2 rings (SSSR count). The highest BCUT2D eigenvalue weighted by Crippen LogP contribution is 2.05. The van der Waals surface area contributed by atoms with E-state index in [-0.39, 0.29) is 0 Å².